The van der Waals surface area contributed by atoms with E-state index in [0.717, 1.165) is 23.4 Å². The molecule has 0 radical (unpaired) electrons. The molecule has 18 nitrogen and oxygen atoms in total. The van der Waals surface area contributed by atoms with Crippen LogP contribution >= 0.6 is 38.1 Å². The number of aromatic nitrogens is 7. The lowest BCUT2D eigenvalue weighted by Crippen LogP contribution is -2.48. The summed E-state index contributed by atoms with van der Waals surface area (Å²) in [7, 11) is 0. The van der Waals surface area contributed by atoms with Gasteiger partial charge in [-0.05, 0) is 0 Å². The fourth-order valence-corrected chi connectivity index (χ4v) is 8.61. The van der Waals surface area contributed by atoms with Gasteiger partial charge in [0.1, 0.15) is 41.6 Å². The summed E-state index contributed by atoms with van der Waals surface area (Å²) in [5.41, 5.74) is 2.69. The maximum atomic E-state index is 16.0. The lowest BCUT2D eigenvalue weighted by atomic mass is 10.1. The molecule has 0 saturated carbocycles. The zero-order valence-electron chi connectivity index (χ0n) is 22.3. The molecule has 45 heavy (non-hydrogen) atoms. The smallest absolute Gasteiger partial charge is 0.385 e. The van der Waals surface area contributed by atoms with Gasteiger partial charge < -0.3 is 25.3 Å². The number of H-pyrrole nitrogens is 1. The summed E-state index contributed by atoms with van der Waals surface area (Å²) in [6, 6.07) is 0. The third kappa shape index (κ3) is 5.21. The van der Waals surface area contributed by atoms with E-state index in [1.165, 1.54) is 10.9 Å². The van der Waals surface area contributed by atoms with E-state index in [9.17, 15) is 23.4 Å². The van der Waals surface area contributed by atoms with Crippen molar-refractivity contribution in [3.05, 3.63) is 41.3 Å². The number of anilines is 1. The Hall–Kier alpha value is -2.49. The first-order valence-corrected chi connectivity index (χ1v) is 18.3. The molecule has 4 aromatic heterocycles. The number of aliphatic hydroxyl groups excluding tert-OH is 1. The topological polar surface area (TPSA) is 230 Å². The summed E-state index contributed by atoms with van der Waals surface area (Å²) in [5, 5.41) is 10.9. The lowest BCUT2D eigenvalue weighted by Gasteiger charge is -2.35. The number of rotatable bonds is 2. The van der Waals surface area contributed by atoms with E-state index in [1.807, 2.05) is 0 Å². The summed E-state index contributed by atoms with van der Waals surface area (Å²) >= 11 is 8.01. The monoisotopic (exact) mass is 710 g/mol. The van der Waals surface area contributed by atoms with Crippen molar-refractivity contribution < 1.29 is 50.6 Å². The largest absolute Gasteiger partial charge is 0.388 e. The summed E-state index contributed by atoms with van der Waals surface area (Å²) in [6.07, 6.45) is -5.81. The van der Waals surface area contributed by atoms with Crippen LogP contribution < -0.4 is 11.3 Å². The van der Waals surface area contributed by atoms with Crippen LogP contribution in [0.15, 0.2) is 30.0 Å². The van der Waals surface area contributed by atoms with Crippen molar-refractivity contribution in [3.63, 3.8) is 0 Å². The van der Waals surface area contributed by atoms with Crippen molar-refractivity contribution in [3.8, 4) is 0 Å². The minimum atomic E-state index is -4.62. The van der Waals surface area contributed by atoms with Gasteiger partial charge in [0.05, 0.1) is 32.5 Å². The molecule has 3 aliphatic heterocycles. The van der Waals surface area contributed by atoms with Gasteiger partial charge in [-0.25, -0.2) is 37.8 Å². The highest BCUT2D eigenvalue weighted by Crippen LogP contribution is 2.61. The molecule has 3 fully saturated rings. The standard InChI is InChI=1S/C21H22F2N8O10P2S2/c22-8-1-31(17-11(8)19(33)28-6-26-17)21-4-36-10(15(21)32)3-37-42(34,44)40-14-9(2-38-43(35,45)41-21)39-20(12(14)23)30-7-29-13-16(24)25-5-27-18(13)30/h1,5-7,9-10,12,14-15,20,32H,2-4H2,(H,34,44)(H,35,45)(H2,24,25,27)(H,26,28,33)/t9-,10-,12-,14-,15-,20-,21+,42-,43-/m1/s1. The molecule has 9 atom stereocenters. The number of halogens is 2. The number of hydrogen-bond acceptors (Lipinski definition) is 15. The molecular formula is C21H22F2N8O10P2S2. The van der Waals surface area contributed by atoms with Crippen LogP contribution in [0.25, 0.3) is 22.2 Å². The van der Waals surface area contributed by atoms with Gasteiger partial charge in [-0.2, -0.15) is 0 Å². The maximum Gasteiger partial charge on any atom is 0.388 e. The Morgan fingerprint density at radius 1 is 1.11 bits per heavy atom. The number of hydrogen-bond donors (Lipinski definition) is 5. The first-order chi connectivity index (χ1) is 21.3. The molecule has 4 aromatic rings. The molecule has 7 heterocycles. The number of fused-ring (bicyclic) bond motifs is 5. The number of nitrogens with two attached hydrogens (primary N) is 1. The molecule has 7 rings (SSSR count). The molecule has 4 N–H and O–H groups in total. The Morgan fingerprint density at radius 2 is 1.87 bits per heavy atom. The van der Waals surface area contributed by atoms with E-state index >= 15 is 4.39 Å². The molecule has 3 saturated heterocycles. The molecule has 0 aliphatic carbocycles. The van der Waals surface area contributed by atoms with Gasteiger partial charge in [-0.1, -0.05) is 24.5 Å². The summed E-state index contributed by atoms with van der Waals surface area (Å²) in [6.45, 7) is -11.1. The fourth-order valence-electron chi connectivity index (χ4n) is 5.46. The number of ether oxygens (including phenoxy) is 2. The van der Waals surface area contributed by atoms with Gasteiger partial charge in [0, 0.05) is 6.20 Å². The van der Waals surface area contributed by atoms with Gasteiger partial charge in [0.25, 0.3) is 5.56 Å². The third-order valence-corrected chi connectivity index (χ3v) is 10.8. The van der Waals surface area contributed by atoms with Gasteiger partial charge in [0.15, 0.2) is 35.3 Å². The van der Waals surface area contributed by atoms with E-state index in [2.05, 4.69) is 49.4 Å². The van der Waals surface area contributed by atoms with Crippen molar-refractivity contribution in [2.24, 2.45) is 0 Å². The van der Waals surface area contributed by atoms with Crippen LogP contribution in [-0.2, 0) is 42.4 Å². The van der Waals surface area contributed by atoms with Crippen LogP contribution in [0.4, 0.5) is 14.6 Å². The Labute approximate surface area is 259 Å². The van der Waals surface area contributed by atoms with Crippen molar-refractivity contribution in [1.29, 1.82) is 0 Å². The van der Waals surface area contributed by atoms with Crippen LogP contribution in [0.1, 0.15) is 6.23 Å². The van der Waals surface area contributed by atoms with Gasteiger partial charge >= 0.3 is 13.6 Å². The Kier molecular flexibility index (Phi) is 7.64. The second kappa shape index (κ2) is 11.1. The van der Waals surface area contributed by atoms with E-state index in [4.69, 9.17) is 33.3 Å². The average molecular weight is 711 g/mol. The summed E-state index contributed by atoms with van der Waals surface area (Å²) in [4.78, 5) is 30.6. The number of aliphatic hydroxyl groups is 1. The molecule has 0 aromatic carbocycles. The molecule has 0 unspecified atom stereocenters. The molecule has 242 valence electrons. The quantitative estimate of drug-likeness (QED) is 0.146. The molecule has 2 bridgehead atoms. The zero-order chi connectivity index (χ0) is 31.9. The first kappa shape index (κ1) is 31.1. The van der Waals surface area contributed by atoms with Gasteiger partial charge in [-0.15, -0.1) is 0 Å². The first-order valence-electron chi connectivity index (χ1n) is 12.9. The number of nitrogen functional groups attached to an aromatic ring is 1. The van der Waals surface area contributed by atoms with Crippen LogP contribution in [0.3, 0.4) is 0 Å². The highest BCUT2D eigenvalue weighted by atomic mass is 32.7. The van der Waals surface area contributed by atoms with Crippen LogP contribution in [0.5, 0.6) is 0 Å². The lowest BCUT2D eigenvalue weighted by molar-refractivity contribution is -0.0955. The number of thiol groups is 2. The van der Waals surface area contributed by atoms with Gasteiger partial charge in [-0.3, -0.25) is 32.0 Å². The maximum absolute atomic E-state index is 16.0. The predicted octanol–water partition coefficient (Wildman–Crippen LogP) is 1.46. The second-order valence-corrected chi connectivity index (χ2v) is 15.9. The van der Waals surface area contributed by atoms with Crippen molar-refractivity contribution in [1.82, 2.24) is 34.1 Å². The number of alkyl halides is 1. The number of imidazole rings is 1. The normalized spacial score (nSPS) is 37.7. The van der Waals surface area contributed by atoms with E-state index < -0.39 is 92.7 Å². The molecular weight excluding hydrogens is 688 g/mol. The number of nitrogens with zero attached hydrogens (tertiary/aromatic N) is 6. The van der Waals surface area contributed by atoms with E-state index in [1.54, 1.807) is 0 Å². The SMILES string of the molecule is Nc1ncnc2c1ncn2[C@@H]1O[C@@H]2CO[P@@](=O)(S)O[C@@]3(n4cc(F)c5c(=O)[nH]cnc54)CO[C@H](CO[P@@](=O)(S)O[C@H]2[C@H]1F)[C@H]3O. The Morgan fingerprint density at radius 3 is 2.67 bits per heavy atom. The minimum absolute atomic E-state index is 0.0267. The van der Waals surface area contributed by atoms with E-state index in [0.29, 0.717) is 0 Å². The average Bonchev–Trinajstić information content (AvgIpc) is 3.72. The number of aromatic amines is 1. The van der Waals surface area contributed by atoms with Crippen molar-refractivity contribution >= 4 is 66.1 Å². The zero-order valence-corrected chi connectivity index (χ0v) is 25.9. The Balaban J connectivity index is 1.26. The Bertz CT molecular complexity index is 1970. The highest BCUT2D eigenvalue weighted by molar-refractivity contribution is 8.44. The van der Waals surface area contributed by atoms with Crippen molar-refractivity contribution in [2.75, 3.05) is 25.6 Å². The van der Waals surface area contributed by atoms with E-state index in [-0.39, 0.29) is 22.6 Å². The summed E-state index contributed by atoms with van der Waals surface area (Å²) < 4.78 is 93.7. The summed E-state index contributed by atoms with van der Waals surface area (Å²) in [5.74, 6) is -1.02. The predicted molar refractivity (Wildman–Crippen MR) is 154 cm³/mol. The fraction of sp³-hybridized carbons (Fsp3) is 0.476. The van der Waals surface area contributed by atoms with Crippen LogP contribution in [-0.4, -0.2) is 89.6 Å². The molecule has 0 spiro atoms. The molecule has 24 heteroatoms. The number of nitrogens with one attached hydrogen (secondary N) is 1. The molecule has 3 aliphatic rings. The van der Waals surface area contributed by atoms with Crippen LogP contribution in [0, 0.1) is 5.82 Å². The minimum Gasteiger partial charge on any atom is -0.385 e. The van der Waals surface area contributed by atoms with Crippen LogP contribution in [0.2, 0.25) is 0 Å². The highest BCUT2D eigenvalue weighted by Gasteiger charge is 2.58. The van der Waals surface area contributed by atoms with Gasteiger partial charge in [0.2, 0.25) is 5.72 Å². The third-order valence-electron chi connectivity index (χ3n) is 7.53. The van der Waals surface area contributed by atoms with Crippen molar-refractivity contribution in [2.45, 2.75) is 42.5 Å². The molecule has 0 amide bonds. The second-order valence-electron chi connectivity index (χ2n) is 10.2.